The van der Waals surface area contributed by atoms with Gasteiger partial charge < -0.3 is 9.47 Å². The van der Waals surface area contributed by atoms with Gasteiger partial charge in [-0.1, -0.05) is 22.6 Å². The number of nitrogens with zero attached hydrogens (tertiary/aromatic N) is 1. The molecule has 0 aliphatic heterocycles. The highest BCUT2D eigenvalue weighted by molar-refractivity contribution is 14.1. The van der Waals surface area contributed by atoms with Crippen LogP contribution in [-0.4, -0.2) is 16.3 Å². The van der Waals surface area contributed by atoms with Crippen molar-refractivity contribution in [3.63, 3.8) is 0 Å². The van der Waals surface area contributed by atoms with E-state index in [2.05, 4.69) is 22.6 Å². The summed E-state index contributed by atoms with van der Waals surface area (Å²) < 4.78 is 10.8. The second-order valence-electron chi connectivity index (χ2n) is 2.62. The van der Waals surface area contributed by atoms with Crippen molar-refractivity contribution >= 4 is 22.6 Å². The molecule has 1 aliphatic carbocycles. The third-order valence-corrected chi connectivity index (χ3v) is 2.17. The summed E-state index contributed by atoms with van der Waals surface area (Å²) in [6.07, 6.45) is 4.08. The van der Waals surface area contributed by atoms with Crippen molar-refractivity contribution in [3.8, 4) is 0 Å². The fourth-order valence-corrected chi connectivity index (χ4v) is 1.21. The number of ether oxygens (including phenoxy) is 2. The van der Waals surface area contributed by atoms with Crippen LogP contribution < -0.4 is 0 Å². The predicted molar refractivity (Wildman–Crippen MR) is 58.3 cm³/mol. The zero-order valence-corrected chi connectivity index (χ0v) is 9.60. The summed E-state index contributed by atoms with van der Waals surface area (Å²) in [5.41, 5.74) is 0.229. The van der Waals surface area contributed by atoms with E-state index in [1.807, 2.05) is 0 Å². The molecule has 0 spiro atoms. The van der Waals surface area contributed by atoms with E-state index >= 15 is 0 Å². The van der Waals surface area contributed by atoms with Crippen molar-refractivity contribution in [2.45, 2.75) is 12.8 Å². The Balaban J connectivity index is 2.39. The van der Waals surface area contributed by atoms with Crippen molar-refractivity contribution < 1.29 is 14.4 Å². The van der Waals surface area contributed by atoms with Gasteiger partial charge in [-0.15, -0.1) is 0 Å². The predicted octanol–water partition coefficient (Wildman–Crippen LogP) is 2.21. The van der Waals surface area contributed by atoms with Gasteiger partial charge in [0.1, 0.15) is 10.4 Å². The molecule has 0 aromatic carbocycles. The molecule has 0 saturated carbocycles. The molecule has 0 saturated heterocycles. The minimum absolute atomic E-state index is 0.205. The van der Waals surface area contributed by atoms with Gasteiger partial charge in [0.05, 0.1) is 4.92 Å². The van der Waals surface area contributed by atoms with Gasteiger partial charge in [0.15, 0.2) is 6.79 Å². The second-order valence-corrected chi connectivity index (χ2v) is 3.25. The lowest BCUT2D eigenvalue weighted by atomic mass is 10.1. The Morgan fingerprint density at radius 2 is 2.29 bits per heavy atom. The highest BCUT2D eigenvalue weighted by atomic mass is 127. The van der Waals surface area contributed by atoms with E-state index in [9.17, 15) is 10.1 Å². The Labute approximate surface area is 95.1 Å². The molecule has 0 unspecified atom stereocenters. The summed E-state index contributed by atoms with van der Waals surface area (Å²) in [7, 11) is 0. The van der Waals surface area contributed by atoms with Gasteiger partial charge in [0, 0.05) is 18.9 Å². The number of halogens is 1. The standard InChI is InChI=1S/C8H10INO4/c9-5-13-6-14-8-3-1-7(2-4-8)10(11)12/h1,3H,2,4-6H2. The molecule has 1 aliphatic rings. The minimum Gasteiger partial charge on any atom is -0.472 e. The molecule has 78 valence electrons. The lowest BCUT2D eigenvalue weighted by molar-refractivity contribution is -0.428. The van der Waals surface area contributed by atoms with Crippen LogP contribution >= 0.6 is 22.6 Å². The number of nitro groups is 1. The van der Waals surface area contributed by atoms with Gasteiger partial charge in [-0.05, 0) is 6.08 Å². The first-order valence-electron chi connectivity index (χ1n) is 4.04. The topological polar surface area (TPSA) is 61.6 Å². The molecule has 5 nitrogen and oxygen atoms in total. The highest BCUT2D eigenvalue weighted by Gasteiger charge is 2.15. The maximum atomic E-state index is 10.4. The van der Waals surface area contributed by atoms with Crippen LogP contribution in [0.15, 0.2) is 23.6 Å². The van der Waals surface area contributed by atoms with Crippen molar-refractivity contribution in [1.82, 2.24) is 0 Å². The van der Waals surface area contributed by atoms with Crippen molar-refractivity contribution in [2.75, 3.05) is 11.4 Å². The quantitative estimate of drug-likeness (QED) is 0.195. The van der Waals surface area contributed by atoms with Crippen LogP contribution in [-0.2, 0) is 9.47 Å². The van der Waals surface area contributed by atoms with Gasteiger partial charge in [0.2, 0.25) is 5.70 Å². The van der Waals surface area contributed by atoms with Crippen LogP contribution in [0.5, 0.6) is 0 Å². The van der Waals surface area contributed by atoms with Crippen LogP contribution in [0, 0.1) is 10.1 Å². The number of hydrogen-bond donors (Lipinski definition) is 0. The van der Waals surface area contributed by atoms with E-state index in [4.69, 9.17) is 9.47 Å². The third kappa shape index (κ3) is 3.62. The Hall–Kier alpha value is -0.630. The van der Waals surface area contributed by atoms with E-state index in [1.54, 1.807) is 6.08 Å². The molecule has 0 fully saturated rings. The van der Waals surface area contributed by atoms with E-state index < -0.39 is 0 Å². The summed E-state index contributed by atoms with van der Waals surface area (Å²) >= 11 is 2.07. The van der Waals surface area contributed by atoms with Crippen LogP contribution in [0.1, 0.15) is 12.8 Å². The number of hydrogen-bond acceptors (Lipinski definition) is 4. The fraction of sp³-hybridized carbons (Fsp3) is 0.500. The van der Waals surface area contributed by atoms with Crippen LogP contribution in [0.3, 0.4) is 0 Å². The van der Waals surface area contributed by atoms with Crippen LogP contribution in [0.2, 0.25) is 0 Å². The molecule has 0 atom stereocenters. The van der Waals surface area contributed by atoms with Crippen LogP contribution in [0.25, 0.3) is 0 Å². The van der Waals surface area contributed by atoms with Crippen molar-refractivity contribution in [1.29, 1.82) is 0 Å². The van der Waals surface area contributed by atoms with E-state index in [0.717, 1.165) is 5.76 Å². The average molecular weight is 311 g/mol. The molecular weight excluding hydrogens is 301 g/mol. The molecule has 0 aromatic rings. The Kier molecular flexibility index (Phi) is 4.88. The van der Waals surface area contributed by atoms with Gasteiger partial charge >= 0.3 is 0 Å². The number of allylic oxidation sites excluding steroid dienone is 4. The van der Waals surface area contributed by atoms with Crippen molar-refractivity contribution in [2.24, 2.45) is 0 Å². The van der Waals surface area contributed by atoms with Gasteiger partial charge in [-0.25, -0.2) is 0 Å². The Morgan fingerprint density at radius 3 is 2.79 bits per heavy atom. The lowest BCUT2D eigenvalue weighted by Crippen LogP contribution is -2.06. The smallest absolute Gasteiger partial charge is 0.246 e. The Bertz CT molecular complexity index is 275. The molecule has 0 heterocycles. The zero-order valence-electron chi connectivity index (χ0n) is 7.44. The summed E-state index contributed by atoms with van der Waals surface area (Å²) in [5, 5.41) is 10.4. The zero-order chi connectivity index (χ0) is 10.4. The molecule has 0 bridgehead atoms. The lowest BCUT2D eigenvalue weighted by Gasteiger charge is -2.11. The first-order valence-corrected chi connectivity index (χ1v) is 5.57. The maximum Gasteiger partial charge on any atom is 0.246 e. The molecule has 0 radical (unpaired) electrons. The van der Waals surface area contributed by atoms with Gasteiger partial charge in [-0.3, -0.25) is 10.1 Å². The van der Waals surface area contributed by atoms with E-state index in [1.165, 1.54) is 6.08 Å². The van der Waals surface area contributed by atoms with Crippen molar-refractivity contribution in [3.05, 3.63) is 33.7 Å². The van der Waals surface area contributed by atoms with Crippen LogP contribution in [0.4, 0.5) is 0 Å². The maximum absolute atomic E-state index is 10.4. The third-order valence-electron chi connectivity index (χ3n) is 1.73. The molecule has 6 heteroatoms. The molecule has 14 heavy (non-hydrogen) atoms. The molecule has 1 rings (SSSR count). The van der Waals surface area contributed by atoms with Gasteiger partial charge in [-0.2, -0.15) is 0 Å². The number of alkyl halides is 1. The van der Waals surface area contributed by atoms with E-state index in [0.29, 0.717) is 17.5 Å². The first kappa shape index (κ1) is 11.4. The first-order chi connectivity index (χ1) is 6.74. The second kappa shape index (κ2) is 5.97. The molecule has 0 amide bonds. The molecule has 0 aromatic heterocycles. The van der Waals surface area contributed by atoms with E-state index in [-0.39, 0.29) is 17.4 Å². The largest absolute Gasteiger partial charge is 0.472 e. The molecule has 0 N–H and O–H groups in total. The SMILES string of the molecule is O=[N+]([O-])C1=CC=C(OCOCI)CC1. The molecular formula is C8H10INO4. The minimum atomic E-state index is -0.366. The van der Waals surface area contributed by atoms with Gasteiger partial charge in [0.25, 0.3) is 0 Å². The summed E-state index contributed by atoms with van der Waals surface area (Å²) in [5.74, 6) is 0.737. The summed E-state index contributed by atoms with van der Waals surface area (Å²) in [6.45, 7) is 0.205. The number of rotatable bonds is 5. The summed E-state index contributed by atoms with van der Waals surface area (Å²) in [6, 6.07) is 0. The summed E-state index contributed by atoms with van der Waals surface area (Å²) in [4.78, 5) is 10.00. The highest BCUT2D eigenvalue weighted by Crippen LogP contribution is 2.19. The monoisotopic (exact) mass is 311 g/mol. The average Bonchev–Trinajstić information content (AvgIpc) is 2.19. The fourth-order valence-electron chi connectivity index (χ4n) is 1.03. The normalized spacial score (nSPS) is 15.8. The Morgan fingerprint density at radius 1 is 1.50 bits per heavy atom.